The Morgan fingerprint density at radius 1 is 1.00 bits per heavy atom. The number of rotatable bonds is 1. The molecule has 0 radical (unpaired) electrons. The van der Waals surface area contributed by atoms with Crippen molar-refractivity contribution in [3.63, 3.8) is 0 Å². The molecule has 0 N–H and O–H groups in total. The van der Waals surface area contributed by atoms with Crippen LogP contribution in [0, 0.1) is 27.6 Å². The van der Waals surface area contributed by atoms with Crippen molar-refractivity contribution in [3.05, 3.63) is 52.7 Å². The Morgan fingerprint density at radius 2 is 1.82 bits per heavy atom. The van der Waals surface area contributed by atoms with Gasteiger partial charge in [-0.25, -0.2) is 0 Å². The second-order valence-corrected chi connectivity index (χ2v) is 4.34. The van der Waals surface area contributed by atoms with Gasteiger partial charge in [0.25, 0.3) is 0 Å². The van der Waals surface area contributed by atoms with Gasteiger partial charge in [0.1, 0.15) is 7.05 Å². The van der Waals surface area contributed by atoms with E-state index in [1.54, 1.807) is 41.9 Å². The van der Waals surface area contributed by atoms with Crippen LogP contribution in [0.25, 0.3) is 11.3 Å². The summed E-state index contributed by atoms with van der Waals surface area (Å²) in [6.45, 7) is -0.605. The smallest absolute Gasteiger partial charge is 0.198 e. The molecule has 0 bridgehead atoms. The zero-order valence-electron chi connectivity index (χ0n) is 16.3. The lowest BCUT2D eigenvalue weighted by molar-refractivity contribution is -0.667. The fraction of sp³-hybridized carbons (Fsp3) is 0.312. The normalized spacial score (nSPS) is 17.4. The molecule has 1 heteroatoms. The lowest BCUT2D eigenvalue weighted by Crippen LogP contribution is -2.35. The molecule has 2 rings (SSSR count). The molecule has 0 saturated heterocycles. The van der Waals surface area contributed by atoms with E-state index < -0.39 is 13.7 Å². The van der Waals surface area contributed by atoms with Crippen molar-refractivity contribution in [2.45, 2.75) is 27.6 Å². The van der Waals surface area contributed by atoms with Gasteiger partial charge in [-0.1, -0.05) is 17.7 Å². The van der Waals surface area contributed by atoms with E-state index in [0.29, 0.717) is 0 Å². The van der Waals surface area contributed by atoms with Crippen LogP contribution in [0.3, 0.4) is 0 Å². The van der Waals surface area contributed by atoms with Crippen LogP contribution in [-0.4, -0.2) is 0 Å². The van der Waals surface area contributed by atoms with Crippen molar-refractivity contribution in [1.82, 2.24) is 0 Å². The molecule has 0 aliphatic carbocycles. The minimum atomic E-state index is -2.20. The van der Waals surface area contributed by atoms with E-state index in [1.165, 1.54) is 0 Å². The average Bonchev–Trinajstić information content (AvgIpc) is 2.37. The lowest BCUT2D eigenvalue weighted by Gasteiger charge is -2.09. The summed E-state index contributed by atoms with van der Waals surface area (Å²) in [6.07, 6.45) is 0. The molecule has 0 atom stereocenters. The molecular formula is C16H20N+. The largest absolute Gasteiger partial charge is 0.215 e. The molecule has 0 saturated carbocycles. The number of pyridine rings is 1. The third-order valence-corrected chi connectivity index (χ3v) is 3.04. The molecule has 0 amide bonds. The van der Waals surface area contributed by atoms with Crippen molar-refractivity contribution in [1.29, 1.82) is 0 Å². The Kier molecular flexibility index (Phi) is 1.61. The predicted octanol–water partition coefficient (Wildman–Crippen LogP) is 3.41. The van der Waals surface area contributed by atoms with Gasteiger partial charge in [0.15, 0.2) is 5.69 Å². The quantitative estimate of drug-likeness (QED) is 0.663. The third-order valence-electron chi connectivity index (χ3n) is 3.04. The molecule has 0 spiro atoms. The number of benzene rings is 1. The Labute approximate surface area is 112 Å². The van der Waals surface area contributed by atoms with Gasteiger partial charge in [0, 0.05) is 32.3 Å². The molecule has 17 heavy (non-hydrogen) atoms. The van der Waals surface area contributed by atoms with E-state index in [1.807, 2.05) is 13.8 Å². The molecule has 2 aromatic rings. The standard InChI is InChI=1S/C16H20N/c1-11-6-9-15(13(3)10-11)16-12(2)7-8-14(4)17(16)5/h6-10H,1-5H3/q+1/i1D3,4D3. The maximum absolute atomic E-state index is 7.65. The van der Waals surface area contributed by atoms with Gasteiger partial charge >= 0.3 is 0 Å². The summed E-state index contributed by atoms with van der Waals surface area (Å²) >= 11 is 0. The number of hydrogen-bond donors (Lipinski definition) is 0. The van der Waals surface area contributed by atoms with Crippen molar-refractivity contribution in [2.75, 3.05) is 0 Å². The minimum Gasteiger partial charge on any atom is -0.198 e. The summed E-state index contributed by atoms with van der Waals surface area (Å²) in [6, 6.07) is 8.37. The topological polar surface area (TPSA) is 3.88 Å². The Bertz CT molecular complexity index is 743. The second-order valence-electron chi connectivity index (χ2n) is 4.34. The van der Waals surface area contributed by atoms with Gasteiger partial charge < -0.3 is 0 Å². The average molecular weight is 232 g/mol. The highest BCUT2D eigenvalue weighted by Crippen LogP contribution is 2.24. The van der Waals surface area contributed by atoms with Crippen LogP contribution in [0.1, 0.15) is 30.6 Å². The maximum atomic E-state index is 7.65. The highest BCUT2D eigenvalue weighted by atomic mass is 14.9. The summed E-state index contributed by atoms with van der Waals surface area (Å²) in [4.78, 5) is 0. The fourth-order valence-electron chi connectivity index (χ4n) is 2.10. The van der Waals surface area contributed by atoms with E-state index in [4.69, 9.17) is 8.22 Å². The van der Waals surface area contributed by atoms with Gasteiger partial charge in [-0.15, -0.1) is 0 Å². The summed E-state index contributed by atoms with van der Waals surface area (Å²) in [7, 11) is 1.72. The monoisotopic (exact) mass is 232 g/mol. The number of nitrogens with zero attached hydrogens (tertiary/aromatic N) is 1. The summed E-state index contributed by atoms with van der Waals surface area (Å²) in [5.41, 5.74) is 3.89. The first-order valence-corrected chi connectivity index (χ1v) is 5.54. The van der Waals surface area contributed by atoms with E-state index in [9.17, 15) is 0 Å². The van der Waals surface area contributed by atoms with E-state index in [0.717, 1.165) is 22.4 Å². The number of aryl methyl sites for hydroxylation is 4. The summed E-state index contributed by atoms with van der Waals surface area (Å²) in [5.74, 6) is 0. The van der Waals surface area contributed by atoms with Crippen LogP contribution < -0.4 is 4.57 Å². The van der Waals surface area contributed by atoms with Gasteiger partial charge in [-0.3, -0.25) is 0 Å². The van der Waals surface area contributed by atoms with Gasteiger partial charge in [-0.05, 0) is 38.4 Å². The summed E-state index contributed by atoms with van der Waals surface area (Å²) in [5, 5.41) is 0. The molecule has 0 aliphatic rings. The first kappa shape index (κ1) is 6.34. The van der Waals surface area contributed by atoms with Gasteiger partial charge in [0.2, 0.25) is 5.69 Å². The molecule has 0 aliphatic heterocycles. The van der Waals surface area contributed by atoms with E-state index in [2.05, 4.69) is 0 Å². The highest BCUT2D eigenvalue weighted by Gasteiger charge is 2.17. The van der Waals surface area contributed by atoms with Crippen LogP contribution in [-0.2, 0) is 7.05 Å². The van der Waals surface area contributed by atoms with E-state index >= 15 is 0 Å². The van der Waals surface area contributed by atoms with E-state index in [-0.39, 0.29) is 11.3 Å². The zero-order chi connectivity index (χ0) is 17.6. The summed E-state index contributed by atoms with van der Waals surface area (Å²) < 4.78 is 47.1. The molecule has 1 nitrogen and oxygen atoms in total. The molecule has 88 valence electrons. The van der Waals surface area contributed by atoms with Crippen LogP contribution in [0.2, 0.25) is 0 Å². The molecule has 0 unspecified atom stereocenters. The Balaban J connectivity index is 2.68. The predicted molar refractivity (Wildman–Crippen MR) is 72.0 cm³/mol. The van der Waals surface area contributed by atoms with Crippen molar-refractivity contribution in [3.8, 4) is 11.3 Å². The van der Waals surface area contributed by atoms with Crippen LogP contribution in [0.5, 0.6) is 0 Å². The minimum absolute atomic E-state index is 0.248. The second kappa shape index (κ2) is 4.33. The van der Waals surface area contributed by atoms with Crippen LogP contribution in [0.4, 0.5) is 0 Å². The lowest BCUT2D eigenvalue weighted by atomic mass is 9.99. The Hall–Kier alpha value is -1.63. The molecule has 1 aromatic carbocycles. The molecule has 0 fully saturated rings. The van der Waals surface area contributed by atoms with Crippen molar-refractivity contribution < 1.29 is 12.8 Å². The van der Waals surface area contributed by atoms with Crippen molar-refractivity contribution in [2.24, 2.45) is 7.05 Å². The van der Waals surface area contributed by atoms with Crippen molar-refractivity contribution >= 4 is 0 Å². The highest BCUT2D eigenvalue weighted by molar-refractivity contribution is 5.64. The van der Waals surface area contributed by atoms with Gasteiger partial charge in [-0.2, -0.15) is 4.57 Å². The zero-order valence-corrected chi connectivity index (χ0v) is 10.3. The maximum Gasteiger partial charge on any atom is 0.215 e. The fourth-order valence-corrected chi connectivity index (χ4v) is 2.10. The Morgan fingerprint density at radius 3 is 2.47 bits per heavy atom. The third kappa shape index (κ3) is 2.10. The molecular weight excluding hydrogens is 206 g/mol. The SMILES string of the molecule is [2H]C([2H])([2H])c1ccc(-c2c(C)ccc(C([2H])([2H])[2H])[n+]2C)c(C)c1. The number of aromatic nitrogens is 1. The van der Waals surface area contributed by atoms with Crippen LogP contribution in [0.15, 0.2) is 30.3 Å². The van der Waals surface area contributed by atoms with Gasteiger partial charge in [0.05, 0.1) is 0 Å². The molecule has 1 heterocycles. The first-order chi connectivity index (χ1) is 10.4. The first-order valence-electron chi connectivity index (χ1n) is 8.54. The molecule has 1 aromatic heterocycles. The van der Waals surface area contributed by atoms with Crippen LogP contribution >= 0.6 is 0 Å². The number of hydrogen-bond acceptors (Lipinski definition) is 0.